The average molecular weight is 259 g/mol. The van der Waals surface area contributed by atoms with E-state index in [2.05, 4.69) is 21.6 Å². The molecule has 3 rings (SSSR count). The molecule has 1 heterocycles. The Morgan fingerprint density at radius 3 is 2.72 bits per heavy atom. The lowest BCUT2D eigenvalue weighted by atomic mass is 9.80. The largest absolute Gasteiger partial charge is 0.358 e. The van der Waals surface area contributed by atoms with E-state index in [0.29, 0.717) is 6.04 Å². The molecule has 94 valence electrons. The molecule has 0 saturated heterocycles. The van der Waals surface area contributed by atoms with Crippen molar-refractivity contribution in [3.63, 3.8) is 0 Å². The zero-order valence-corrected chi connectivity index (χ0v) is 11.3. The minimum Gasteiger partial charge on any atom is -0.358 e. The van der Waals surface area contributed by atoms with Gasteiger partial charge in [-0.1, -0.05) is 36.8 Å². The lowest BCUT2D eigenvalue weighted by Gasteiger charge is -2.31. The Balaban J connectivity index is 1.69. The maximum atomic E-state index is 4.56. The zero-order chi connectivity index (χ0) is 12.4. The highest BCUT2D eigenvalue weighted by Gasteiger charge is 2.24. The van der Waals surface area contributed by atoms with Crippen molar-refractivity contribution in [2.45, 2.75) is 32.2 Å². The van der Waals surface area contributed by atoms with Gasteiger partial charge in [0, 0.05) is 23.1 Å². The molecule has 18 heavy (non-hydrogen) atoms. The van der Waals surface area contributed by atoms with Crippen molar-refractivity contribution in [3.05, 3.63) is 30.3 Å². The van der Waals surface area contributed by atoms with Gasteiger partial charge < -0.3 is 5.32 Å². The molecule has 1 aromatic heterocycles. The monoisotopic (exact) mass is 259 g/mol. The van der Waals surface area contributed by atoms with Crippen molar-refractivity contribution in [1.29, 1.82) is 0 Å². The molecule has 0 radical (unpaired) electrons. The SMILES string of the molecule is CC(Nc1nc(-c2ccccc2)ns1)C1CCC1. The predicted octanol–water partition coefficient (Wildman–Crippen LogP) is 3.81. The maximum Gasteiger partial charge on any atom is 0.203 e. The van der Waals surface area contributed by atoms with Crippen molar-refractivity contribution in [2.24, 2.45) is 5.92 Å². The molecule has 0 aliphatic heterocycles. The molecule has 1 saturated carbocycles. The Morgan fingerprint density at radius 2 is 2.06 bits per heavy atom. The van der Waals surface area contributed by atoms with Crippen molar-refractivity contribution in [1.82, 2.24) is 9.36 Å². The second-order valence-corrected chi connectivity index (χ2v) is 5.67. The molecular formula is C14H17N3S. The Bertz CT molecular complexity index is 505. The minimum absolute atomic E-state index is 0.510. The first kappa shape index (κ1) is 11.7. The summed E-state index contributed by atoms with van der Waals surface area (Å²) < 4.78 is 4.41. The number of nitrogens with one attached hydrogen (secondary N) is 1. The third-order valence-corrected chi connectivity index (χ3v) is 4.31. The van der Waals surface area contributed by atoms with Crippen molar-refractivity contribution >= 4 is 16.7 Å². The summed E-state index contributed by atoms with van der Waals surface area (Å²) in [7, 11) is 0. The van der Waals surface area contributed by atoms with E-state index >= 15 is 0 Å². The minimum atomic E-state index is 0.510. The van der Waals surface area contributed by atoms with Gasteiger partial charge in [0.25, 0.3) is 0 Å². The van der Waals surface area contributed by atoms with Gasteiger partial charge in [-0.05, 0) is 25.7 Å². The highest BCUT2D eigenvalue weighted by molar-refractivity contribution is 7.09. The molecule has 0 amide bonds. The van der Waals surface area contributed by atoms with E-state index in [0.717, 1.165) is 22.4 Å². The van der Waals surface area contributed by atoms with Crippen LogP contribution in [0.5, 0.6) is 0 Å². The number of anilines is 1. The molecule has 3 nitrogen and oxygen atoms in total. The quantitative estimate of drug-likeness (QED) is 0.907. The predicted molar refractivity (Wildman–Crippen MR) is 75.8 cm³/mol. The van der Waals surface area contributed by atoms with Gasteiger partial charge in [-0.15, -0.1) is 0 Å². The fraction of sp³-hybridized carbons (Fsp3) is 0.429. The van der Waals surface area contributed by atoms with E-state index in [1.54, 1.807) is 0 Å². The molecule has 0 spiro atoms. The molecule has 1 aliphatic rings. The third-order valence-electron chi connectivity index (χ3n) is 3.67. The Morgan fingerprint density at radius 1 is 1.28 bits per heavy atom. The summed E-state index contributed by atoms with van der Waals surface area (Å²) in [4.78, 5) is 4.56. The molecule has 1 unspecified atom stereocenters. The third kappa shape index (κ3) is 2.38. The van der Waals surface area contributed by atoms with Gasteiger partial charge in [0.15, 0.2) is 5.82 Å². The van der Waals surface area contributed by atoms with Crippen LogP contribution in [0.15, 0.2) is 30.3 Å². The van der Waals surface area contributed by atoms with Gasteiger partial charge in [-0.3, -0.25) is 0 Å². The van der Waals surface area contributed by atoms with E-state index in [1.807, 2.05) is 30.3 Å². The van der Waals surface area contributed by atoms with Crippen LogP contribution in [0.2, 0.25) is 0 Å². The fourth-order valence-corrected chi connectivity index (χ4v) is 2.92. The van der Waals surface area contributed by atoms with Crippen LogP contribution in [0.1, 0.15) is 26.2 Å². The smallest absolute Gasteiger partial charge is 0.203 e. The summed E-state index contributed by atoms with van der Waals surface area (Å²) in [6.45, 7) is 2.24. The van der Waals surface area contributed by atoms with Crippen molar-refractivity contribution in [2.75, 3.05) is 5.32 Å². The molecule has 1 fully saturated rings. The van der Waals surface area contributed by atoms with Gasteiger partial charge in [0.1, 0.15) is 0 Å². The van der Waals surface area contributed by atoms with Crippen molar-refractivity contribution < 1.29 is 0 Å². The van der Waals surface area contributed by atoms with Crippen LogP contribution < -0.4 is 5.32 Å². The number of benzene rings is 1. The number of rotatable bonds is 4. The molecule has 4 heteroatoms. The van der Waals surface area contributed by atoms with Crippen LogP contribution in [-0.4, -0.2) is 15.4 Å². The summed E-state index contributed by atoms with van der Waals surface area (Å²) in [5, 5.41) is 4.42. The van der Waals surface area contributed by atoms with Gasteiger partial charge in [-0.25, -0.2) is 0 Å². The molecule has 0 bridgehead atoms. The molecule has 1 N–H and O–H groups in total. The van der Waals surface area contributed by atoms with Gasteiger partial charge >= 0.3 is 0 Å². The average Bonchev–Trinajstić information content (AvgIpc) is 2.76. The van der Waals surface area contributed by atoms with Crippen molar-refractivity contribution in [3.8, 4) is 11.4 Å². The first-order chi connectivity index (χ1) is 8.83. The fourth-order valence-electron chi connectivity index (χ4n) is 2.24. The van der Waals surface area contributed by atoms with E-state index in [-0.39, 0.29) is 0 Å². The second kappa shape index (κ2) is 5.06. The number of aromatic nitrogens is 2. The summed E-state index contributed by atoms with van der Waals surface area (Å²) in [5.74, 6) is 1.64. The summed E-state index contributed by atoms with van der Waals surface area (Å²) in [6.07, 6.45) is 4.07. The standard InChI is InChI=1S/C14H17N3S/c1-10(11-8-5-9-11)15-14-16-13(17-18-14)12-6-3-2-4-7-12/h2-4,6-7,10-11H,5,8-9H2,1H3,(H,15,16,17). The lowest BCUT2D eigenvalue weighted by molar-refractivity contribution is 0.285. The summed E-state index contributed by atoms with van der Waals surface area (Å²) >= 11 is 1.45. The number of nitrogens with zero attached hydrogens (tertiary/aromatic N) is 2. The van der Waals surface area contributed by atoms with Crippen LogP contribution >= 0.6 is 11.5 Å². The van der Waals surface area contributed by atoms with Crippen LogP contribution in [0.3, 0.4) is 0 Å². The first-order valence-corrected chi connectivity index (χ1v) is 7.26. The Hall–Kier alpha value is -1.42. The van der Waals surface area contributed by atoms with E-state index in [9.17, 15) is 0 Å². The first-order valence-electron chi connectivity index (χ1n) is 6.48. The molecule has 1 atom stereocenters. The van der Waals surface area contributed by atoms with Crippen LogP contribution in [0.4, 0.5) is 5.13 Å². The number of hydrogen-bond donors (Lipinski definition) is 1. The van der Waals surface area contributed by atoms with E-state index in [4.69, 9.17) is 0 Å². The van der Waals surface area contributed by atoms with Gasteiger partial charge in [0.05, 0.1) is 0 Å². The second-order valence-electron chi connectivity index (χ2n) is 4.91. The Kier molecular flexibility index (Phi) is 3.28. The highest BCUT2D eigenvalue weighted by Crippen LogP contribution is 2.31. The topological polar surface area (TPSA) is 37.8 Å². The van der Waals surface area contributed by atoms with E-state index < -0.39 is 0 Å². The van der Waals surface area contributed by atoms with E-state index in [1.165, 1.54) is 30.8 Å². The zero-order valence-electron chi connectivity index (χ0n) is 10.5. The van der Waals surface area contributed by atoms with Crippen LogP contribution in [-0.2, 0) is 0 Å². The normalized spacial score (nSPS) is 17.2. The molecule has 1 aromatic carbocycles. The summed E-state index contributed by atoms with van der Waals surface area (Å²) in [6, 6.07) is 10.6. The van der Waals surface area contributed by atoms with Gasteiger partial charge in [-0.2, -0.15) is 9.36 Å². The lowest BCUT2D eigenvalue weighted by Crippen LogP contribution is -2.30. The van der Waals surface area contributed by atoms with Crippen LogP contribution in [0.25, 0.3) is 11.4 Å². The molecule has 1 aliphatic carbocycles. The summed E-state index contributed by atoms with van der Waals surface area (Å²) in [5.41, 5.74) is 1.08. The number of hydrogen-bond acceptors (Lipinski definition) is 4. The highest BCUT2D eigenvalue weighted by atomic mass is 32.1. The molecular weight excluding hydrogens is 242 g/mol. The van der Waals surface area contributed by atoms with Crippen LogP contribution in [0, 0.1) is 5.92 Å². The van der Waals surface area contributed by atoms with Gasteiger partial charge in [0.2, 0.25) is 5.13 Å². The maximum absolute atomic E-state index is 4.56. The molecule has 2 aromatic rings. The Labute approximate surface area is 111 Å².